The van der Waals surface area contributed by atoms with Gasteiger partial charge in [0.15, 0.2) is 0 Å². The lowest BCUT2D eigenvalue weighted by molar-refractivity contribution is -0.114. The number of carbonyl (C=O) groups excluding carboxylic acids is 1. The second kappa shape index (κ2) is 5.78. The molecular weight excluding hydrogens is 248 g/mol. The number of Topliss-reactive ketones (excluding diaryl/α,β-unsaturated/α-hetero) is 1. The van der Waals surface area contributed by atoms with E-state index in [1.807, 2.05) is 6.07 Å². The summed E-state index contributed by atoms with van der Waals surface area (Å²) in [7, 11) is 0. The van der Waals surface area contributed by atoms with E-state index >= 15 is 0 Å². The van der Waals surface area contributed by atoms with E-state index < -0.39 is 0 Å². The number of nitrogen functional groups attached to an aromatic ring is 1. The molecule has 0 saturated heterocycles. The summed E-state index contributed by atoms with van der Waals surface area (Å²) in [5, 5.41) is 2.53. The van der Waals surface area contributed by atoms with E-state index in [9.17, 15) is 4.79 Å². The highest BCUT2D eigenvalue weighted by Crippen LogP contribution is 2.29. The van der Waals surface area contributed by atoms with Crippen LogP contribution in [0.1, 0.15) is 20.8 Å². The molecule has 3 heteroatoms. The lowest BCUT2D eigenvalue weighted by Crippen LogP contribution is -1.92. The van der Waals surface area contributed by atoms with Gasteiger partial charge >= 0.3 is 0 Å². The molecule has 0 unspecified atom stereocenters. The summed E-state index contributed by atoms with van der Waals surface area (Å²) >= 11 is 0. The summed E-state index contributed by atoms with van der Waals surface area (Å²) < 4.78 is 2.32. The highest BCUT2D eigenvalue weighted by molar-refractivity contribution is 6.08. The molecule has 0 radical (unpaired) electrons. The minimum absolute atomic E-state index is 0.167. The normalized spacial score (nSPS) is 10.3. The third kappa shape index (κ3) is 2.67. The Hall–Kier alpha value is -2.29. The van der Waals surface area contributed by atoms with Crippen LogP contribution in [0.2, 0.25) is 0 Å². The second-order valence-corrected chi connectivity index (χ2v) is 4.95. The van der Waals surface area contributed by atoms with Gasteiger partial charge in [-0.25, -0.2) is 0 Å². The van der Waals surface area contributed by atoms with Crippen molar-refractivity contribution in [1.29, 1.82) is 0 Å². The molecule has 0 aliphatic rings. The molecule has 0 fully saturated rings. The summed E-state index contributed by atoms with van der Waals surface area (Å²) in [5.74, 6) is 0.167. The Morgan fingerprint density at radius 2 is 1.65 bits per heavy atom. The van der Waals surface area contributed by atoms with Crippen molar-refractivity contribution >= 4 is 33.3 Å². The number of benzene rings is 2. The fourth-order valence-electron chi connectivity index (χ4n) is 2.41. The maximum absolute atomic E-state index is 9.44. The molecule has 0 bridgehead atoms. The third-order valence-corrected chi connectivity index (χ3v) is 3.11. The van der Waals surface area contributed by atoms with E-state index in [1.165, 1.54) is 35.7 Å². The first-order valence-corrected chi connectivity index (χ1v) is 6.78. The summed E-state index contributed by atoms with van der Waals surface area (Å²) in [4.78, 5) is 9.44. The minimum Gasteiger partial charge on any atom is -0.399 e. The van der Waals surface area contributed by atoms with Crippen LogP contribution in [0.25, 0.3) is 21.8 Å². The molecule has 0 saturated carbocycles. The Balaban J connectivity index is 0.000000328. The molecule has 0 amide bonds. The predicted molar refractivity (Wildman–Crippen MR) is 85.9 cm³/mol. The number of hydrogen-bond donors (Lipinski definition) is 1. The van der Waals surface area contributed by atoms with E-state index in [0.717, 1.165) is 12.2 Å². The maximum Gasteiger partial charge on any atom is 0.126 e. The van der Waals surface area contributed by atoms with Gasteiger partial charge in [0.2, 0.25) is 0 Å². The lowest BCUT2D eigenvalue weighted by atomic mass is 10.1. The fourth-order valence-corrected chi connectivity index (χ4v) is 2.41. The van der Waals surface area contributed by atoms with Crippen molar-refractivity contribution in [2.75, 3.05) is 5.73 Å². The zero-order chi connectivity index (χ0) is 14.7. The predicted octanol–water partition coefficient (Wildman–Crippen LogP) is 3.99. The number of nitrogens with zero attached hydrogens (tertiary/aromatic N) is 1. The van der Waals surface area contributed by atoms with Gasteiger partial charge < -0.3 is 15.1 Å². The number of aromatic nitrogens is 1. The van der Waals surface area contributed by atoms with Crippen LogP contribution in [0.3, 0.4) is 0 Å². The van der Waals surface area contributed by atoms with Gasteiger partial charge in [0.25, 0.3) is 0 Å². The number of hydrogen-bond acceptors (Lipinski definition) is 2. The van der Waals surface area contributed by atoms with Crippen molar-refractivity contribution in [2.45, 2.75) is 27.3 Å². The molecule has 0 atom stereocenters. The maximum atomic E-state index is 9.44. The Bertz CT molecular complexity index is 752. The van der Waals surface area contributed by atoms with Gasteiger partial charge in [-0.3, -0.25) is 0 Å². The van der Waals surface area contributed by atoms with E-state index in [-0.39, 0.29) is 5.78 Å². The molecule has 0 aliphatic heterocycles. The summed E-state index contributed by atoms with van der Waals surface area (Å²) in [6, 6.07) is 14.6. The Morgan fingerprint density at radius 3 is 2.30 bits per heavy atom. The number of ketones is 1. The molecule has 1 aromatic heterocycles. The topological polar surface area (TPSA) is 48.0 Å². The van der Waals surface area contributed by atoms with Gasteiger partial charge in [-0.1, -0.05) is 18.2 Å². The first kappa shape index (κ1) is 14.1. The van der Waals surface area contributed by atoms with Gasteiger partial charge in [0, 0.05) is 34.0 Å². The van der Waals surface area contributed by atoms with E-state index in [4.69, 9.17) is 5.73 Å². The Morgan fingerprint density at radius 1 is 1.05 bits per heavy atom. The van der Waals surface area contributed by atoms with Crippen LogP contribution in [0, 0.1) is 0 Å². The number of anilines is 1. The van der Waals surface area contributed by atoms with Gasteiger partial charge in [0.05, 0.1) is 0 Å². The SMILES string of the molecule is CC(C)=O.CCn1c2ccccc2c2cc(N)ccc21. The van der Waals surface area contributed by atoms with Crippen molar-refractivity contribution in [1.82, 2.24) is 4.57 Å². The van der Waals surface area contributed by atoms with E-state index in [2.05, 4.69) is 47.9 Å². The zero-order valence-electron chi connectivity index (χ0n) is 12.2. The number of para-hydroxylation sites is 1. The Labute approximate surface area is 119 Å². The van der Waals surface area contributed by atoms with Crippen LogP contribution in [-0.4, -0.2) is 10.4 Å². The summed E-state index contributed by atoms with van der Waals surface area (Å²) in [6.07, 6.45) is 0. The van der Waals surface area contributed by atoms with Gasteiger partial charge in [-0.15, -0.1) is 0 Å². The highest BCUT2D eigenvalue weighted by Gasteiger charge is 2.08. The van der Waals surface area contributed by atoms with Crippen molar-refractivity contribution in [3.05, 3.63) is 42.5 Å². The molecule has 2 aromatic carbocycles. The minimum atomic E-state index is 0.167. The number of aryl methyl sites for hydroxylation is 1. The summed E-state index contributed by atoms with van der Waals surface area (Å²) in [5.41, 5.74) is 9.23. The quantitative estimate of drug-likeness (QED) is 0.678. The van der Waals surface area contributed by atoms with Crippen molar-refractivity contribution in [2.24, 2.45) is 0 Å². The molecule has 3 rings (SSSR count). The van der Waals surface area contributed by atoms with Crippen molar-refractivity contribution in [3.63, 3.8) is 0 Å². The average molecular weight is 268 g/mol. The molecule has 1 heterocycles. The van der Waals surface area contributed by atoms with Gasteiger partial charge in [0.1, 0.15) is 5.78 Å². The first-order chi connectivity index (χ1) is 9.54. The third-order valence-electron chi connectivity index (χ3n) is 3.11. The lowest BCUT2D eigenvalue weighted by Gasteiger charge is -2.02. The van der Waals surface area contributed by atoms with Crippen LogP contribution < -0.4 is 5.73 Å². The van der Waals surface area contributed by atoms with Gasteiger partial charge in [-0.05, 0) is 45.0 Å². The molecule has 2 N–H and O–H groups in total. The molecule has 104 valence electrons. The molecule has 3 aromatic rings. The molecule has 20 heavy (non-hydrogen) atoms. The largest absolute Gasteiger partial charge is 0.399 e. The second-order valence-electron chi connectivity index (χ2n) is 4.95. The van der Waals surface area contributed by atoms with Crippen LogP contribution in [-0.2, 0) is 11.3 Å². The van der Waals surface area contributed by atoms with Crippen molar-refractivity contribution in [3.8, 4) is 0 Å². The summed E-state index contributed by atoms with van der Waals surface area (Å²) in [6.45, 7) is 6.20. The van der Waals surface area contributed by atoms with Crippen molar-refractivity contribution < 1.29 is 4.79 Å². The average Bonchev–Trinajstić information content (AvgIpc) is 2.71. The van der Waals surface area contributed by atoms with E-state index in [0.29, 0.717) is 0 Å². The molecular formula is C17H20N2O. The van der Waals surface area contributed by atoms with Crippen LogP contribution >= 0.6 is 0 Å². The fraction of sp³-hybridized carbons (Fsp3) is 0.235. The number of carbonyl (C=O) groups is 1. The first-order valence-electron chi connectivity index (χ1n) is 6.78. The Kier molecular flexibility index (Phi) is 4.08. The van der Waals surface area contributed by atoms with Crippen LogP contribution in [0.4, 0.5) is 5.69 Å². The van der Waals surface area contributed by atoms with Gasteiger partial charge in [-0.2, -0.15) is 0 Å². The molecule has 0 aliphatic carbocycles. The van der Waals surface area contributed by atoms with E-state index in [1.54, 1.807) is 0 Å². The number of fused-ring (bicyclic) bond motifs is 3. The zero-order valence-corrected chi connectivity index (χ0v) is 12.2. The van der Waals surface area contributed by atoms with Crippen LogP contribution in [0.15, 0.2) is 42.5 Å². The molecule has 3 nitrogen and oxygen atoms in total. The highest BCUT2D eigenvalue weighted by atomic mass is 16.1. The van der Waals surface area contributed by atoms with Crippen LogP contribution in [0.5, 0.6) is 0 Å². The number of nitrogens with two attached hydrogens (primary N) is 1. The smallest absolute Gasteiger partial charge is 0.126 e. The molecule has 0 spiro atoms. The standard InChI is InChI=1S/C14H14N2.C3H6O/c1-2-16-13-6-4-3-5-11(13)12-9-10(15)7-8-14(12)16;1-3(2)4/h3-9H,2,15H2,1H3;1-2H3. The monoisotopic (exact) mass is 268 g/mol. The number of rotatable bonds is 1.